The number of carbonyl (C=O) groups is 2. The molecule has 31 heavy (non-hydrogen) atoms. The molecule has 7 unspecified atom stereocenters. The highest BCUT2D eigenvalue weighted by Gasteiger charge is 2.43. The predicted octanol–water partition coefficient (Wildman–Crippen LogP) is 5.24. The molecule has 2 aliphatic carbocycles. The number of fused-ring (bicyclic) bond motifs is 1. The van der Waals surface area contributed by atoms with Crippen LogP contribution in [0.1, 0.15) is 73.1 Å². The Morgan fingerprint density at radius 3 is 2.65 bits per heavy atom. The third kappa shape index (κ3) is 5.60. The largest absolute Gasteiger partial charge is 0.462 e. The monoisotopic (exact) mass is 432 g/mol. The summed E-state index contributed by atoms with van der Waals surface area (Å²) in [4.78, 5) is 24.9. The van der Waals surface area contributed by atoms with Gasteiger partial charge >= 0.3 is 11.9 Å². The standard InChI is InChI=1S/C26H40O5/c1-7-26(4,5)25(28)31-22-13-16(2)12-18-9-8-17(3)21(24(18)22)11-10-19-14-20(29-6)15-23(27)30-19/h8-9,12,16-17,19-22,24H,7,10-11,13-15H2,1-6H3. The molecule has 1 fully saturated rings. The zero-order valence-electron chi connectivity index (χ0n) is 20.1. The zero-order valence-corrected chi connectivity index (χ0v) is 20.1. The fourth-order valence-corrected chi connectivity index (χ4v) is 5.24. The van der Waals surface area contributed by atoms with E-state index in [2.05, 4.69) is 32.1 Å². The molecule has 0 saturated carbocycles. The van der Waals surface area contributed by atoms with Crippen molar-refractivity contribution in [2.75, 3.05) is 7.11 Å². The van der Waals surface area contributed by atoms with Crippen LogP contribution in [0.4, 0.5) is 0 Å². The van der Waals surface area contributed by atoms with Gasteiger partial charge in [0.15, 0.2) is 0 Å². The molecule has 5 heteroatoms. The maximum absolute atomic E-state index is 12.9. The minimum Gasteiger partial charge on any atom is -0.462 e. The summed E-state index contributed by atoms with van der Waals surface area (Å²) in [6, 6.07) is 0. The van der Waals surface area contributed by atoms with Gasteiger partial charge in [0, 0.05) is 19.4 Å². The zero-order chi connectivity index (χ0) is 22.8. The van der Waals surface area contributed by atoms with Gasteiger partial charge in [0.05, 0.1) is 17.9 Å². The molecular weight excluding hydrogens is 392 g/mol. The number of hydrogen-bond donors (Lipinski definition) is 0. The molecule has 0 N–H and O–H groups in total. The molecule has 174 valence electrons. The lowest BCUT2D eigenvalue weighted by Gasteiger charge is -2.44. The molecule has 1 heterocycles. The van der Waals surface area contributed by atoms with Gasteiger partial charge in [-0.25, -0.2) is 0 Å². The first-order valence-electron chi connectivity index (χ1n) is 12.0. The average Bonchev–Trinajstić information content (AvgIpc) is 2.72. The number of ether oxygens (including phenoxy) is 3. The normalized spacial score (nSPS) is 35.7. The predicted molar refractivity (Wildman–Crippen MR) is 120 cm³/mol. The minimum absolute atomic E-state index is 0.0501. The lowest BCUT2D eigenvalue weighted by atomic mass is 9.65. The van der Waals surface area contributed by atoms with E-state index in [0.29, 0.717) is 24.2 Å². The number of esters is 2. The molecule has 0 aromatic heterocycles. The van der Waals surface area contributed by atoms with Crippen LogP contribution in [-0.2, 0) is 23.8 Å². The van der Waals surface area contributed by atoms with Gasteiger partial charge in [-0.05, 0) is 62.9 Å². The molecular formula is C26H40O5. The van der Waals surface area contributed by atoms with Crippen molar-refractivity contribution in [3.63, 3.8) is 0 Å². The molecule has 0 amide bonds. The summed E-state index contributed by atoms with van der Waals surface area (Å²) in [6.07, 6.45) is 11.1. The number of hydrogen-bond acceptors (Lipinski definition) is 5. The summed E-state index contributed by atoms with van der Waals surface area (Å²) >= 11 is 0. The summed E-state index contributed by atoms with van der Waals surface area (Å²) in [5.41, 5.74) is 0.825. The van der Waals surface area contributed by atoms with E-state index >= 15 is 0 Å². The SMILES string of the molecule is CCC(C)(C)C(=O)OC1CC(C)C=C2C=CC(C)C(CCC3CC(OC)CC(=O)O3)C21. The molecule has 3 rings (SSSR count). The van der Waals surface area contributed by atoms with Crippen molar-refractivity contribution in [1.82, 2.24) is 0 Å². The van der Waals surface area contributed by atoms with Crippen LogP contribution in [-0.4, -0.2) is 37.4 Å². The first-order valence-corrected chi connectivity index (χ1v) is 12.0. The highest BCUT2D eigenvalue weighted by molar-refractivity contribution is 5.76. The Balaban J connectivity index is 1.75. The number of rotatable bonds is 7. The van der Waals surface area contributed by atoms with Crippen LogP contribution < -0.4 is 0 Å². The van der Waals surface area contributed by atoms with Crippen LogP contribution in [0.5, 0.6) is 0 Å². The molecule has 1 saturated heterocycles. The molecule has 0 bridgehead atoms. The van der Waals surface area contributed by atoms with Gasteiger partial charge < -0.3 is 14.2 Å². The van der Waals surface area contributed by atoms with Crippen LogP contribution in [0.2, 0.25) is 0 Å². The quantitative estimate of drug-likeness (QED) is 0.515. The Bertz CT molecular complexity index is 721. The van der Waals surface area contributed by atoms with Gasteiger partial charge in [0.1, 0.15) is 12.2 Å². The van der Waals surface area contributed by atoms with E-state index < -0.39 is 5.41 Å². The van der Waals surface area contributed by atoms with Crippen molar-refractivity contribution in [2.45, 2.75) is 91.5 Å². The van der Waals surface area contributed by atoms with Gasteiger partial charge in [-0.15, -0.1) is 0 Å². The third-order valence-electron chi connectivity index (χ3n) is 7.66. The smallest absolute Gasteiger partial charge is 0.311 e. The van der Waals surface area contributed by atoms with Crippen LogP contribution in [0.15, 0.2) is 23.8 Å². The van der Waals surface area contributed by atoms with E-state index in [1.165, 1.54) is 5.57 Å². The molecule has 3 aliphatic rings. The van der Waals surface area contributed by atoms with E-state index in [1.807, 2.05) is 20.8 Å². The van der Waals surface area contributed by atoms with E-state index in [0.717, 1.165) is 32.1 Å². The van der Waals surface area contributed by atoms with Crippen molar-refractivity contribution in [1.29, 1.82) is 0 Å². The van der Waals surface area contributed by atoms with Crippen LogP contribution in [0, 0.1) is 29.1 Å². The fraction of sp³-hybridized carbons (Fsp3) is 0.769. The van der Waals surface area contributed by atoms with E-state index in [-0.39, 0.29) is 36.2 Å². The Morgan fingerprint density at radius 2 is 1.97 bits per heavy atom. The molecule has 5 nitrogen and oxygen atoms in total. The Labute approximate surface area is 187 Å². The Hall–Kier alpha value is -1.62. The van der Waals surface area contributed by atoms with Gasteiger partial charge in [-0.2, -0.15) is 0 Å². The molecule has 0 spiro atoms. The highest BCUT2D eigenvalue weighted by Crippen LogP contribution is 2.45. The van der Waals surface area contributed by atoms with Gasteiger partial charge in [0.2, 0.25) is 0 Å². The highest BCUT2D eigenvalue weighted by atomic mass is 16.6. The second-order valence-corrected chi connectivity index (χ2v) is 10.5. The molecule has 7 atom stereocenters. The van der Waals surface area contributed by atoms with E-state index in [4.69, 9.17) is 14.2 Å². The Kier molecular flexibility index (Phi) is 7.67. The van der Waals surface area contributed by atoms with Gasteiger partial charge in [-0.3, -0.25) is 9.59 Å². The Morgan fingerprint density at radius 1 is 1.23 bits per heavy atom. The second kappa shape index (κ2) is 9.89. The summed E-state index contributed by atoms with van der Waals surface area (Å²) in [5.74, 6) is 1.06. The van der Waals surface area contributed by atoms with Crippen LogP contribution in [0.25, 0.3) is 0 Å². The van der Waals surface area contributed by atoms with Crippen molar-refractivity contribution in [2.24, 2.45) is 29.1 Å². The maximum atomic E-state index is 12.9. The van der Waals surface area contributed by atoms with Crippen molar-refractivity contribution in [3.05, 3.63) is 23.8 Å². The summed E-state index contributed by atoms with van der Waals surface area (Å²) in [7, 11) is 1.66. The van der Waals surface area contributed by atoms with Crippen molar-refractivity contribution >= 4 is 11.9 Å². The van der Waals surface area contributed by atoms with E-state index in [9.17, 15) is 9.59 Å². The fourth-order valence-electron chi connectivity index (χ4n) is 5.24. The van der Waals surface area contributed by atoms with Crippen molar-refractivity contribution in [3.8, 4) is 0 Å². The van der Waals surface area contributed by atoms with Crippen LogP contribution in [0.3, 0.4) is 0 Å². The lowest BCUT2D eigenvalue weighted by Crippen LogP contribution is -2.43. The van der Waals surface area contributed by atoms with Crippen molar-refractivity contribution < 1.29 is 23.8 Å². The maximum Gasteiger partial charge on any atom is 0.311 e. The average molecular weight is 433 g/mol. The molecule has 0 radical (unpaired) electrons. The number of cyclic esters (lactones) is 1. The summed E-state index contributed by atoms with van der Waals surface area (Å²) < 4.78 is 17.2. The molecule has 0 aromatic carbocycles. The molecule has 1 aliphatic heterocycles. The molecule has 0 aromatic rings. The van der Waals surface area contributed by atoms with E-state index in [1.54, 1.807) is 7.11 Å². The second-order valence-electron chi connectivity index (χ2n) is 10.5. The number of methoxy groups -OCH3 is 1. The van der Waals surface area contributed by atoms with Gasteiger partial charge in [0.25, 0.3) is 0 Å². The first-order chi connectivity index (χ1) is 14.6. The first kappa shape index (κ1) is 24.0. The minimum atomic E-state index is -0.471. The number of allylic oxidation sites excluding steroid dienone is 3. The van der Waals surface area contributed by atoms with Gasteiger partial charge in [-0.1, -0.05) is 39.0 Å². The topological polar surface area (TPSA) is 61.8 Å². The third-order valence-corrected chi connectivity index (χ3v) is 7.66. The summed E-state index contributed by atoms with van der Waals surface area (Å²) in [6.45, 7) is 10.4. The summed E-state index contributed by atoms with van der Waals surface area (Å²) in [5, 5.41) is 0. The lowest BCUT2D eigenvalue weighted by molar-refractivity contribution is -0.166. The number of carbonyl (C=O) groups excluding carboxylic acids is 2. The van der Waals surface area contributed by atoms with Crippen LogP contribution >= 0.6 is 0 Å².